The van der Waals surface area contributed by atoms with Crippen LogP contribution in [0.5, 0.6) is 0 Å². The van der Waals surface area contributed by atoms with Crippen molar-refractivity contribution in [2.45, 2.75) is 6.67 Å². The Balaban J connectivity index is 2.33. The molecule has 5 heteroatoms. The topological polar surface area (TPSA) is 54.5 Å². The third-order valence-corrected chi connectivity index (χ3v) is 1.94. The first-order valence-corrected chi connectivity index (χ1v) is 4.31. The van der Waals surface area contributed by atoms with E-state index in [4.69, 9.17) is 5.26 Å². The molecule has 74 valence electrons. The van der Waals surface area contributed by atoms with Gasteiger partial charge in [0.25, 0.3) is 0 Å². The second-order valence-electron chi connectivity index (χ2n) is 2.95. The molecular weight excluding hydrogens is 195 g/mol. The summed E-state index contributed by atoms with van der Waals surface area (Å²) in [5.41, 5.74) is 1.62. The molecule has 1 aromatic heterocycles. The first-order chi connectivity index (χ1) is 7.33. The van der Waals surface area contributed by atoms with Crippen molar-refractivity contribution in [1.82, 2.24) is 15.0 Å². The van der Waals surface area contributed by atoms with Gasteiger partial charge in [-0.05, 0) is 24.3 Å². The molecule has 1 heterocycles. The standard InChI is InChI=1S/C10H7FN4/c11-5-9-7-15(14-13-9)10-3-1-8(6-12)2-4-10/h1-4,7H,5H2. The lowest BCUT2D eigenvalue weighted by atomic mass is 10.2. The van der Waals surface area contributed by atoms with Crippen molar-refractivity contribution in [3.8, 4) is 11.8 Å². The quantitative estimate of drug-likeness (QED) is 0.743. The van der Waals surface area contributed by atoms with Crippen molar-refractivity contribution in [2.75, 3.05) is 0 Å². The van der Waals surface area contributed by atoms with Gasteiger partial charge in [-0.3, -0.25) is 0 Å². The Morgan fingerprint density at radius 2 is 2.07 bits per heavy atom. The van der Waals surface area contributed by atoms with Crippen molar-refractivity contribution in [1.29, 1.82) is 5.26 Å². The molecule has 0 amide bonds. The van der Waals surface area contributed by atoms with Crippen LogP contribution in [0.2, 0.25) is 0 Å². The number of benzene rings is 1. The molecular formula is C10H7FN4. The molecule has 0 saturated heterocycles. The van der Waals surface area contributed by atoms with Gasteiger partial charge in [-0.25, -0.2) is 9.07 Å². The average molecular weight is 202 g/mol. The molecule has 0 unspecified atom stereocenters. The highest BCUT2D eigenvalue weighted by molar-refractivity contribution is 5.38. The van der Waals surface area contributed by atoms with Crippen LogP contribution in [0.4, 0.5) is 4.39 Å². The summed E-state index contributed by atoms with van der Waals surface area (Å²) in [6.07, 6.45) is 1.52. The van der Waals surface area contributed by atoms with Gasteiger partial charge in [-0.1, -0.05) is 5.21 Å². The number of nitriles is 1. The predicted octanol–water partition coefficient (Wildman–Crippen LogP) is 1.61. The highest BCUT2D eigenvalue weighted by Gasteiger charge is 2.01. The normalized spacial score (nSPS) is 9.87. The molecule has 0 fully saturated rings. The smallest absolute Gasteiger partial charge is 0.135 e. The number of rotatable bonds is 2. The Hall–Kier alpha value is -2.22. The van der Waals surface area contributed by atoms with E-state index in [1.807, 2.05) is 6.07 Å². The second kappa shape index (κ2) is 3.88. The van der Waals surface area contributed by atoms with E-state index in [1.165, 1.54) is 10.9 Å². The van der Waals surface area contributed by atoms with Gasteiger partial charge in [0.2, 0.25) is 0 Å². The SMILES string of the molecule is N#Cc1ccc(-n2cc(CF)nn2)cc1. The molecule has 0 bridgehead atoms. The van der Waals surface area contributed by atoms with Crippen LogP contribution in [0.1, 0.15) is 11.3 Å². The van der Waals surface area contributed by atoms with E-state index in [2.05, 4.69) is 10.3 Å². The fourth-order valence-electron chi connectivity index (χ4n) is 1.17. The Labute approximate surface area is 85.6 Å². The molecule has 0 N–H and O–H groups in total. The molecule has 15 heavy (non-hydrogen) atoms. The zero-order valence-electron chi connectivity index (χ0n) is 7.76. The summed E-state index contributed by atoms with van der Waals surface area (Å²) < 4.78 is 13.7. The van der Waals surface area contributed by atoms with Crippen LogP contribution >= 0.6 is 0 Å². The second-order valence-corrected chi connectivity index (χ2v) is 2.95. The van der Waals surface area contributed by atoms with Crippen LogP contribution in [-0.4, -0.2) is 15.0 Å². The summed E-state index contributed by atoms with van der Waals surface area (Å²) in [5, 5.41) is 16.0. The summed E-state index contributed by atoms with van der Waals surface area (Å²) in [7, 11) is 0. The molecule has 0 aliphatic carbocycles. The zero-order chi connectivity index (χ0) is 10.7. The number of alkyl halides is 1. The first kappa shape index (κ1) is 9.34. The largest absolute Gasteiger partial charge is 0.244 e. The van der Waals surface area contributed by atoms with Crippen LogP contribution in [0, 0.1) is 11.3 Å². The summed E-state index contributed by atoms with van der Waals surface area (Å²) in [6, 6.07) is 8.83. The maximum atomic E-state index is 12.2. The van der Waals surface area contributed by atoms with Crippen molar-refractivity contribution < 1.29 is 4.39 Å². The lowest BCUT2D eigenvalue weighted by Gasteiger charge is -1.98. The highest BCUT2D eigenvalue weighted by Crippen LogP contribution is 2.08. The fraction of sp³-hybridized carbons (Fsp3) is 0.100. The van der Waals surface area contributed by atoms with E-state index in [9.17, 15) is 4.39 Å². The first-order valence-electron chi connectivity index (χ1n) is 4.31. The average Bonchev–Trinajstić information content (AvgIpc) is 2.78. The predicted molar refractivity (Wildman–Crippen MR) is 50.9 cm³/mol. The van der Waals surface area contributed by atoms with Crippen molar-refractivity contribution >= 4 is 0 Å². The van der Waals surface area contributed by atoms with Crippen LogP contribution < -0.4 is 0 Å². The Morgan fingerprint density at radius 3 is 2.60 bits per heavy atom. The van der Waals surface area contributed by atoms with E-state index in [0.717, 1.165) is 5.69 Å². The van der Waals surface area contributed by atoms with Gasteiger partial charge in [0.05, 0.1) is 23.5 Å². The van der Waals surface area contributed by atoms with Gasteiger partial charge in [0, 0.05) is 0 Å². The lowest BCUT2D eigenvalue weighted by Crippen LogP contribution is -1.94. The minimum absolute atomic E-state index is 0.291. The molecule has 0 spiro atoms. The van der Waals surface area contributed by atoms with Crippen molar-refractivity contribution in [3.63, 3.8) is 0 Å². The Bertz CT molecular complexity index is 495. The Morgan fingerprint density at radius 1 is 1.33 bits per heavy atom. The maximum Gasteiger partial charge on any atom is 0.135 e. The molecule has 1 aromatic carbocycles. The van der Waals surface area contributed by atoms with E-state index in [0.29, 0.717) is 11.3 Å². The number of halogens is 1. The monoisotopic (exact) mass is 202 g/mol. The molecule has 2 rings (SSSR count). The minimum Gasteiger partial charge on any atom is -0.244 e. The summed E-state index contributed by atoms with van der Waals surface area (Å²) in [4.78, 5) is 0. The van der Waals surface area contributed by atoms with Crippen molar-refractivity contribution in [3.05, 3.63) is 41.7 Å². The molecule has 0 atom stereocenters. The summed E-state index contributed by atoms with van der Waals surface area (Å²) >= 11 is 0. The summed E-state index contributed by atoms with van der Waals surface area (Å²) in [5.74, 6) is 0. The van der Waals surface area contributed by atoms with Gasteiger partial charge < -0.3 is 0 Å². The van der Waals surface area contributed by atoms with Crippen LogP contribution in [-0.2, 0) is 6.67 Å². The molecule has 2 aromatic rings. The lowest BCUT2D eigenvalue weighted by molar-refractivity contribution is 0.475. The fourth-order valence-corrected chi connectivity index (χ4v) is 1.17. The van der Waals surface area contributed by atoms with Crippen molar-refractivity contribution in [2.24, 2.45) is 0 Å². The van der Waals surface area contributed by atoms with E-state index < -0.39 is 6.67 Å². The minimum atomic E-state index is -0.629. The molecule has 0 saturated carbocycles. The van der Waals surface area contributed by atoms with Gasteiger partial charge in [-0.15, -0.1) is 5.10 Å². The van der Waals surface area contributed by atoms with Gasteiger partial charge >= 0.3 is 0 Å². The third-order valence-electron chi connectivity index (χ3n) is 1.94. The summed E-state index contributed by atoms with van der Waals surface area (Å²) in [6.45, 7) is -0.629. The molecule has 4 nitrogen and oxygen atoms in total. The highest BCUT2D eigenvalue weighted by atomic mass is 19.1. The van der Waals surface area contributed by atoms with Crippen LogP contribution in [0.3, 0.4) is 0 Å². The van der Waals surface area contributed by atoms with E-state index in [1.54, 1.807) is 24.3 Å². The maximum absolute atomic E-state index is 12.2. The zero-order valence-corrected chi connectivity index (χ0v) is 7.76. The number of hydrogen-bond acceptors (Lipinski definition) is 3. The number of nitrogens with zero attached hydrogens (tertiary/aromatic N) is 4. The van der Waals surface area contributed by atoms with Gasteiger partial charge in [-0.2, -0.15) is 5.26 Å². The molecule has 0 aliphatic rings. The van der Waals surface area contributed by atoms with E-state index in [-0.39, 0.29) is 0 Å². The third kappa shape index (κ3) is 1.83. The number of aromatic nitrogens is 3. The van der Waals surface area contributed by atoms with Gasteiger partial charge in [0.1, 0.15) is 12.4 Å². The Kier molecular flexibility index (Phi) is 2.42. The number of hydrogen-bond donors (Lipinski definition) is 0. The van der Waals surface area contributed by atoms with Crippen LogP contribution in [0.25, 0.3) is 5.69 Å². The van der Waals surface area contributed by atoms with E-state index >= 15 is 0 Å². The molecule has 0 aliphatic heterocycles. The molecule has 0 radical (unpaired) electrons. The van der Waals surface area contributed by atoms with Crippen LogP contribution in [0.15, 0.2) is 30.5 Å². The van der Waals surface area contributed by atoms with Gasteiger partial charge in [0.15, 0.2) is 0 Å².